The van der Waals surface area contributed by atoms with Crippen LogP contribution >= 0.6 is 0 Å². The van der Waals surface area contributed by atoms with Gasteiger partial charge in [-0.3, -0.25) is 0 Å². The Hall–Kier alpha value is -2.82. The molecule has 0 amide bonds. The van der Waals surface area contributed by atoms with E-state index in [9.17, 15) is 0 Å². The topological polar surface area (TPSA) is 74.4 Å². The van der Waals surface area contributed by atoms with Crippen molar-refractivity contribution < 1.29 is 15.2 Å². The molecule has 2 aromatic rings. The second-order valence-electron chi connectivity index (χ2n) is 5.42. The number of oxime groups is 2. The quantitative estimate of drug-likeness (QED) is 0.515. The highest BCUT2D eigenvalue weighted by atomic mass is 16.5. The second kappa shape index (κ2) is 6.96. The minimum absolute atomic E-state index is 0.437. The van der Waals surface area contributed by atoms with Crippen molar-refractivity contribution in [1.82, 2.24) is 0 Å². The average molecular weight is 310 g/mol. The summed E-state index contributed by atoms with van der Waals surface area (Å²) in [5.41, 5.74) is 4.35. The van der Waals surface area contributed by atoms with Crippen molar-refractivity contribution in [2.75, 3.05) is 0 Å². The lowest BCUT2D eigenvalue weighted by Crippen LogP contribution is -2.15. The summed E-state index contributed by atoms with van der Waals surface area (Å²) in [6, 6.07) is 13.6. The minimum atomic E-state index is 0.437. The van der Waals surface area contributed by atoms with E-state index in [4.69, 9.17) is 15.2 Å². The van der Waals surface area contributed by atoms with Crippen molar-refractivity contribution in [1.29, 1.82) is 0 Å². The maximum Gasteiger partial charge on any atom is 0.129 e. The molecular weight excluding hydrogens is 292 g/mol. The third kappa shape index (κ3) is 3.18. The first-order valence-corrected chi connectivity index (χ1v) is 7.55. The van der Waals surface area contributed by atoms with Gasteiger partial charge in [0.1, 0.15) is 12.4 Å². The van der Waals surface area contributed by atoms with Gasteiger partial charge in [-0.25, -0.2) is 0 Å². The molecule has 0 aromatic heterocycles. The highest BCUT2D eigenvalue weighted by Gasteiger charge is 2.21. The molecule has 0 atom stereocenters. The van der Waals surface area contributed by atoms with Crippen LogP contribution in [0.1, 0.15) is 35.1 Å². The van der Waals surface area contributed by atoms with Gasteiger partial charge in [0.15, 0.2) is 0 Å². The lowest BCUT2D eigenvalue weighted by atomic mass is 9.86. The highest BCUT2D eigenvalue weighted by molar-refractivity contribution is 6.04. The van der Waals surface area contributed by atoms with Gasteiger partial charge in [-0.1, -0.05) is 40.6 Å². The zero-order chi connectivity index (χ0) is 16.1. The molecule has 0 bridgehead atoms. The summed E-state index contributed by atoms with van der Waals surface area (Å²) in [5.74, 6) is 0.657. The van der Waals surface area contributed by atoms with E-state index in [0.717, 1.165) is 41.5 Å². The standard InChI is InChI=1S/C18H18N2O3/c21-19-11-16-14-7-4-8-17(20-22)15(14)9-10-18(16)23-12-13-5-2-1-3-6-13/h1-3,5-6,9-11,21-22H,4,7-8,12H2. The molecule has 23 heavy (non-hydrogen) atoms. The SMILES string of the molecule is ON=Cc1c(OCc2ccccc2)ccc2c1CCCC2=NO. The van der Waals surface area contributed by atoms with Gasteiger partial charge in [-0.15, -0.1) is 0 Å². The van der Waals surface area contributed by atoms with Gasteiger partial charge in [0.05, 0.1) is 11.9 Å². The fourth-order valence-electron chi connectivity index (χ4n) is 2.91. The van der Waals surface area contributed by atoms with Crippen LogP contribution in [0.15, 0.2) is 52.8 Å². The Morgan fingerprint density at radius 2 is 1.87 bits per heavy atom. The van der Waals surface area contributed by atoms with Crippen molar-refractivity contribution in [2.45, 2.75) is 25.9 Å². The van der Waals surface area contributed by atoms with Crippen molar-refractivity contribution >= 4 is 11.9 Å². The third-order valence-corrected chi connectivity index (χ3v) is 4.01. The van der Waals surface area contributed by atoms with Crippen molar-refractivity contribution in [3.63, 3.8) is 0 Å². The molecule has 0 saturated heterocycles. The Morgan fingerprint density at radius 3 is 2.61 bits per heavy atom. The zero-order valence-electron chi connectivity index (χ0n) is 12.6. The molecule has 5 heteroatoms. The van der Waals surface area contributed by atoms with Crippen LogP contribution in [0.2, 0.25) is 0 Å². The van der Waals surface area contributed by atoms with E-state index in [2.05, 4.69) is 10.3 Å². The number of nitrogens with zero attached hydrogens (tertiary/aromatic N) is 2. The smallest absolute Gasteiger partial charge is 0.129 e. The molecule has 0 heterocycles. The van der Waals surface area contributed by atoms with E-state index < -0.39 is 0 Å². The molecule has 1 aliphatic carbocycles. The van der Waals surface area contributed by atoms with Crippen molar-refractivity contribution in [3.8, 4) is 5.75 Å². The number of hydrogen-bond donors (Lipinski definition) is 2. The summed E-state index contributed by atoms with van der Waals surface area (Å²) in [7, 11) is 0. The van der Waals surface area contributed by atoms with Crippen LogP contribution < -0.4 is 4.74 Å². The van der Waals surface area contributed by atoms with Gasteiger partial charge in [-0.2, -0.15) is 0 Å². The van der Waals surface area contributed by atoms with Crippen LogP contribution in [0, 0.1) is 0 Å². The summed E-state index contributed by atoms with van der Waals surface area (Å²) < 4.78 is 5.91. The number of benzene rings is 2. The number of rotatable bonds is 4. The number of ether oxygens (including phenoxy) is 1. The Bertz CT molecular complexity index is 739. The van der Waals surface area contributed by atoms with E-state index in [1.807, 2.05) is 42.5 Å². The Morgan fingerprint density at radius 1 is 1.04 bits per heavy atom. The summed E-state index contributed by atoms with van der Waals surface area (Å²) in [6.45, 7) is 0.437. The third-order valence-electron chi connectivity index (χ3n) is 4.01. The summed E-state index contributed by atoms with van der Waals surface area (Å²) in [6.07, 6.45) is 3.85. The van der Waals surface area contributed by atoms with Crippen LogP contribution in [0.5, 0.6) is 5.75 Å². The second-order valence-corrected chi connectivity index (χ2v) is 5.42. The van der Waals surface area contributed by atoms with E-state index >= 15 is 0 Å². The number of fused-ring (bicyclic) bond motifs is 1. The van der Waals surface area contributed by atoms with Gasteiger partial charge in [-0.05, 0) is 42.5 Å². The van der Waals surface area contributed by atoms with Crippen LogP contribution in [-0.2, 0) is 13.0 Å². The fraction of sp³-hybridized carbons (Fsp3) is 0.222. The Balaban J connectivity index is 1.94. The highest BCUT2D eigenvalue weighted by Crippen LogP contribution is 2.31. The van der Waals surface area contributed by atoms with E-state index in [1.165, 1.54) is 6.21 Å². The molecule has 0 aliphatic heterocycles. The molecular formula is C18H18N2O3. The maximum absolute atomic E-state index is 9.15. The predicted octanol–water partition coefficient (Wildman–Crippen LogP) is 3.59. The summed E-state index contributed by atoms with van der Waals surface area (Å²) in [5, 5.41) is 24.7. The molecule has 1 aliphatic rings. The molecule has 2 N–H and O–H groups in total. The molecule has 2 aromatic carbocycles. The van der Waals surface area contributed by atoms with Crippen LogP contribution in [-0.4, -0.2) is 22.3 Å². The summed E-state index contributed by atoms with van der Waals surface area (Å²) >= 11 is 0. The van der Waals surface area contributed by atoms with Gasteiger partial charge in [0.25, 0.3) is 0 Å². The fourth-order valence-corrected chi connectivity index (χ4v) is 2.91. The van der Waals surface area contributed by atoms with Gasteiger partial charge >= 0.3 is 0 Å². The Labute approximate surface area is 134 Å². The molecule has 0 fully saturated rings. The monoisotopic (exact) mass is 310 g/mol. The molecule has 0 radical (unpaired) electrons. The average Bonchev–Trinajstić information content (AvgIpc) is 2.61. The number of hydrogen-bond acceptors (Lipinski definition) is 5. The normalized spacial score (nSPS) is 15.7. The van der Waals surface area contributed by atoms with Crippen molar-refractivity contribution in [2.24, 2.45) is 10.3 Å². The van der Waals surface area contributed by atoms with E-state index in [-0.39, 0.29) is 0 Å². The first kappa shape index (κ1) is 15.1. The predicted molar refractivity (Wildman–Crippen MR) is 87.9 cm³/mol. The maximum atomic E-state index is 9.15. The minimum Gasteiger partial charge on any atom is -0.488 e. The Kier molecular flexibility index (Phi) is 4.57. The first-order chi connectivity index (χ1) is 11.3. The molecule has 3 rings (SSSR count). The van der Waals surface area contributed by atoms with Crippen molar-refractivity contribution in [3.05, 3.63) is 64.7 Å². The molecule has 0 unspecified atom stereocenters. The van der Waals surface area contributed by atoms with E-state index in [0.29, 0.717) is 18.1 Å². The molecule has 0 spiro atoms. The van der Waals surface area contributed by atoms with Gasteiger partial charge in [0.2, 0.25) is 0 Å². The van der Waals surface area contributed by atoms with Crippen LogP contribution in [0.4, 0.5) is 0 Å². The largest absolute Gasteiger partial charge is 0.488 e. The van der Waals surface area contributed by atoms with E-state index in [1.54, 1.807) is 0 Å². The molecule has 5 nitrogen and oxygen atoms in total. The zero-order valence-corrected chi connectivity index (χ0v) is 12.6. The first-order valence-electron chi connectivity index (χ1n) is 7.55. The van der Waals surface area contributed by atoms with Crippen LogP contribution in [0.3, 0.4) is 0 Å². The molecule has 0 saturated carbocycles. The molecule has 118 valence electrons. The van der Waals surface area contributed by atoms with Crippen LogP contribution in [0.25, 0.3) is 0 Å². The summed E-state index contributed by atoms with van der Waals surface area (Å²) in [4.78, 5) is 0. The lowest BCUT2D eigenvalue weighted by molar-refractivity contribution is 0.303. The van der Waals surface area contributed by atoms with Gasteiger partial charge in [0, 0.05) is 11.1 Å². The lowest BCUT2D eigenvalue weighted by Gasteiger charge is -2.21. The van der Waals surface area contributed by atoms with Gasteiger partial charge < -0.3 is 15.2 Å².